The third-order valence-electron chi connectivity index (χ3n) is 1.97. The number of benzene rings is 1. The Balaban J connectivity index is 3.22. The van der Waals surface area contributed by atoms with Crippen LogP contribution in [0.3, 0.4) is 0 Å². The molecule has 0 saturated heterocycles. The molecule has 0 aromatic heterocycles. The smallest absolute Gasteiger partial charge is 0.307 e. The van der Waals surface area contributed by atoms with E-state index in [1.807, 2.05) is 6.07 Å². The average molecular weight is 225 g/mol. The second-order valence-corrected chi connectivity index (χ2v) is 3.39. The van der Waals surface area contributed by atoms with Crippen molar-refractivity contribution in [2.45, 2.75) is 13.0 Å². The van der Waals surface area contributed by atoms with Crippen molar-refractivity contribution in [1.82, 2.24) is 0 Å². The molecule has 0 aliphatic rings. The second kappa shape index (κ2) is 4.78. The van der Waals surface area contributed by atoms with Crippen LogP contribution in [0.15, 0.2) is 12.1 Å². The number of nitrogens with two attached hydrogens (primary N) is 1. The van der Waals surface area contributed by atoms with Crippen LogP contribution >= 0.6 is 11.6 Å². The third kappa shape index (κ3) is 2.69. The molecular weight excluding hydrogens is 216 g/mol. The van der Waals surface area contributed by atoms with E-state index in [0.717, 1.165) is 0 Å². The lowest BCUT2D eigenvalue weighted by molar-refractivity contribution is -0.136. The first-order valence-electron chi connectivity index (χ1n) is 4.21. The summed E-state index contributed by atoms with van der Waals surface area (Å²) in [5, 5.41) is 17.6. The summed E-state index contributed by atoms with van der Waals surface area (Å²) in [5.74, 6) is -0.953. The Kier molecular flexibility index (Phi) is 3.67. The lowest BCUT2D eigenvalue weighted by Crippen LogP contribution is -2.07. The number of hydrogen-bond acceptors (Lipinski definition) is 3. The molecule has 1 aromatic carbocycles. The Labute approximate surface area is 91.9 Å². The van der Waals surface area contributed by atoms with Crippen LogP contribution in [0.2, 0.25) is 5.02 Å². The molecule has 0 saturated carbocycles. The highest BCUT2D eigenvalue weighted by atomic mass is 35.5. The normalized spacial score (nSPS) is 9.67. The van der Waals surface area contributed by atoms with E-state index < -0.39 is 5.97 Å². The van der Waals surface area contributed by atoms with Crippen molar-refractivity contribution in [2.75, 3.05) is 0 Å². The van der Waals surface area contributed by atoms with Gasteiger partial charge >= 0.3 is 5.97 Å². The molecule has 1 aromatic rings. The minimum Gasteiger partial charge on any atom is -0.481 e. The summed E-state index contributed by atoms with van der Waals surface area (Å²) in [6.45, 7) is 0.189. The summed E-state index contributed by atoms with van der Waals surface area (Å²) < 4.78 is 0. The Bertz CT molecular complexity index is 438. The molecule has 5 heteroatoms. The van der Waals surface area contributed by atoms with Crippen molar-refractivity contribution in [2.24, 2.45) is 5.73 Å². The highest BCUT2D eigenvalue weighted by Gasteiger charge is 2.10. The predicted molar refractivity (Wildman–Crippen MR) is 55.4 cm³/mol. The summed E-state index contributed by atoms with van der Waals surface area (Å²) in [5.41, 5.74) is 6.95. The molecule has 0 bridgehead atoms. The van der Waals surface area contributed by atoms with Gasteiger partial charge in [-0.3, -0.25) is 4.79 Å². The van der Waals surface area contributed by atoms with E-state index in [0.29, 0.717) is 16.7 Å². The number of carbonyl (C=O) groups is 1. The van der Waals surface area contributed by atoms with Crippen molar-refractivity contribution >= 4 is 17.6 Å². The van der Waals surface area contributed by atoms with Gasteiger partial charge < -0.3 is 10.8 Å². The second-order valence-electron chi connectivity index (χ2n) is 2.99. The van der Waals surface area contributed by atoms with Gasteiger partial charge in [-0.05, 0) is 23.3 Å². The number of nitrogens with zero attached hydrogens (tertiary/aromatic N) is 1. The van der Waals surface area contributed by atoms with E-state index in [9.17, 15) is 4.79 Å². The molecule has 1 rings (SSSR count). The van der Waals surface area contributed by atoms with E-state index in [2.05, 4.69) is 0 Å². The number of halogens is 1. The van der Waals surface area contributed by atoms with Gasteiger partial charge in [-0.1, -0.05) is 11.6 Å². The molecule has 0 atom stereocenters. The van der Waals surface area contributed by atoms with E-state index >= 15 is 0 Å². The molecule has 0 aliphatic heterocycles. The highest BCUT2D eigenvalue weighted by molar-refractivity contribution is 6.31. The van der Waals surface area contributed by atoms with Crippen molar-refractivity contribution in [1.29, 1.82) is 5.26 Å². The molecular formula is C10H9ClN2O2. The zero-order chi connectivity index (χ0) is 11.4. The number of carboxylic acid groups (broad SMARTS) is 1. The maximum Gasteiger partial charge on any atom is 0.307 e. The number of rotatable bonds is 3. The summed E-state index contributed by atoms with van der Waals surface area (Å²) in [6.07, 6.45) is -0.141. The molecule has 3 N–H and O–H groups in total. The fourth-order valence-electron chi connectivity index (χ4n) is 1.26. The molecule has 0 spiro atoms. The van der Waals surface area contributed by atoms with Gasteiger partial charge in [0.25, 0.3) is 0 Å². The topological polar surface area (TPSA) is 87.1 Å². The van der Waals surface area contributed by atoms with Crippen LogP contribution in [0.1, 0.15) is 16.7 Å². The fraction of sp³-hybridized carbons (Fsp3) is 0.200. The van der Waals surface area contributed by atoms with Crippen LogP contribution in [0.25, 0.3) is 0 Å². The minimum atomic E-state index is -0.953. The van der Waals surface area contributed by atoms with Crippen molar-refractivity contribution < 1.29 is 9.90 Å². The minimum absolute atomic E-state index is 0.141. The average Bonchev–Trinajstić information content (AvgIpc) is 2.17. The van der Waals surface area contributed by atoms with Gasteiger partial charge in [0.1, 0.15) is 6.07 Å². The van der Waals surface area contributed by atoms with Crippen LogP contribution in [0.4, 0.5) is 0 Å². The van der Waals surface area contributed by atoms with Gasteiger partial charge in [-0.15, -0.1) is 0 Å². The lowest BCUT2D eigenvalue weighted by atomic mass is 10.0. The number of hydrogen-bond donors (Lipinski definition) is 2. The van der Waals surface area contributed by atoms with Gasteiger partial charge in [0.05, 0.1) is 17.0 Å². The molecule has 4 nitrogen and oxygen atoms in total. The Morgan fingerprint density at radius 2 is 2.20 bits per heavy atom. The van der Waals surface area contributed by atoms with Crippen LogP contribution in [-0.2, 0) is 17.8 Å². The highest BCUT2D eigenvalue weighted by Crippen LogP contribution is 2.21. The number of carboxylic acids is 1. The van der Waals surface area contributed by atoms with Crippen molar-refractivity contribution in [3.05, 3.63) is 33.8 Å². The SMILES string of the molecule is N#Cc1cc(CN)c(CC(=O)O)cc1Cl. The molecule has 15 heavy (non-hydrogen) atoms. The molecule has 0 radical (unpaired) electrons. The number of aliphatic carboxylic acids is 1. The van der Waals surface area contributed by atoms with E-state index in [1.54, 1.807) is 0 Å². The van der Waals surface area contributed by atoms with E-state index in [4.69, 9.17) is 27.7 Å². The first kappa shape index (κ1) is 11.5. The van der Waals surface area contributed by atoms with Gasteiger partial charge in [-0.2, -0.15) is 5.26 Å². The van der Waals surface area contributed by atoms with E-state index in [-0.39, 0.29) is 18.0 Å². The first-order valence-corrected chi connectivity index (χ1v) is 4.59. The largest absolute Gasteiger partial charge is 0.481 e. The van der Waals surface area contributed by atoms with Crippen LogP contribution < -0.4 is 5.73 Å². The number of nitriles is 1. The zero-order valence-electron chi connectivity index (χ0n) is 7.83. The lowest BCUT2D eigenvalue weighted by Gasteiger charge is -2.07. The van der Waals surface area contributed by atoms with Crippen molar-refractivity contribution in [3.8, 4) is 6.07 Å². The maximum atomic E-state index is 10.6. The summed E-state index contributed by atoms with van der Waals surface area (Å²) in [6, 6.07) is 4.93. The summed E-state index contributed by atoms with van der Waals surface area (Å²) in [7, 11) is 0. The maximum absolute atomic E-state index is 10.6. The Hall–Kier alpha value is -1.57. The summed E-state index contributed by atoms with van der Waals surface area (Å²) >= 11 is 5.79. The van der Waals surface area contributed by atoms with Gasteiger partial charge in [0.2, 0.25) is 0 Å². The standard InChI is InChI=1S/C10H9ClN2O2/c11-9-2-6(3-10(14)15)7(4-12)1-8(9)5-13/h1-2H,3-4,12H2,(H,14,15). The molecule has 0 aliphatic carbocycles. The summed E-state index contributed by atoms with van der Waals surface area (Å²) in [4.78, 5) is 10.6. The third-order valence-corrected chi connectivity index (χ3v) is 2.28. The zero-order valence-corrected chi connectivity index (χ0v) is 8.58. The van der Waals surface area contributed by atoms with Crippen molar-refractivity contribution in [3.63, 3.8) is 0 Å². The molecule has 0 heterocycles. The van der Waals surface area contributed by atoms with Gasteiger partial charge in [-0.25, -0.2) is 0 Å². The monoisotopic (exact) mass is 224 g/mol. The van der Waals surface area contributed by atoms with Crippen LogP contribution in [-0.4, -0.2) is 11.1 Å². The Morgan fingerprint density at radius 3 is 2.67 bits per heavy atom. The fourth-order valence-corrected chi connectivity index (χ4v) is 1.49. The first-order chi connectivity index (χ1) is 7.08. The molecule has 0 fully saturated rings. The van der Waals surface area contributed by atoms with Crippen LogP contribution in [0, 0.1) is 11.3 Å². The van der Waals surface area contributed by atoms with Crippen LogP contribution in [0.5, 0.6) is 0 Å². The molecule has 0 amide bonds. The van der Waals surface area contributed by atoms with E-state index in [1.165, 1.54) is 12.1 Å². The van der Waals surface area contributed by atoms with Gasteiger partial charge in [0, 0.05) is 6.54 Å². The predicted octanol–water partition coefficient (Wildman–Crippen LogP) is 1.30. The Morgan fingerprint density at radius 1 is 1.53 bits per heavy atom. The molecule has 0 unspecified atom stereocenters. The van der Waals surface area contributed by atoms with Gasteiger partial charge in [0.15, 0.2) is 0 Å². The quantitative estimate of drug-likeness (QED) is 0.810. The molecule has 78 valence electrons.